The Balaban J connectivity index is 1.97. The molecule has 0 N–H and O–H groups in total. The standard InChI is InChI=1S/C38H71O2P/c1-3-5-7-9-11-13-15-17-19-21-23-25-27-32-36-39-41(38-34-30-29-31-35-38)40-37-33-28-26-24-22-20-18-16-14-12-10-8-6-4-2/h29-31,34-35H,3-28,32-33,36-37H2,1-2H3. The third-order valence-electron chi connectivity index (χ3n) is 8.38. The fourth-order valence-corrected chi connectivity index (χ4v) is 7.00. The van der Waals surface area contributed by atoms with Crippen LogP contribution in [0.5, 0.6) is 0 Å². The molecule has 0 radical (unpaired) electrons. The van der Waals surface area contributed by atoms with Crippen LogP contribution in [0.2, 0.25) is 0 Å². The Morgan fingerprint density at radius 2 is 0.634 bits per heavy atom. The number of unbranched alkanes of at least 4 members (excludes halogenated alkanes) is 26. The molecule has 3 heteroatoms. The Morgan fingerprint density at radius 1 is 0.366 bits per heavy atom. The van der Waals surface area contributed by atoms with Gasteiger partial charge in [0.05, 0.1) is 13.2 Å². The monoisotopic (exact) mass is 591 g/mol. The summed E-state index contributed by atoms with van der Waals surface area (Å²) in [5.74, 6) is 0. The van der Waals surface area contributed by atoms with E-state index in [-0.39, 0.29) is 0 Å². The van der Waals surface area contributed by atoms with Crippen LogP contribution in [0.1, 0.15) is 194 Å². The van der Waals surface area contributed by atoms with Crippen molar-refractivity contribution in [3.8, 4) is 0 Å². The average molecular weight is 591 g/mol. The third-order valence-corrected chi connectivity index (χ3v) is 9.93. The van der Waals surface area contributed by atoms with Crippen LogP contribution in [0, 0.1) is 0 Å². The number of hydrogen-bond donors (Lipinski definition) is 0. The second-order valence-electron chi connectivity index (χ2n) is 12.5. The van der Waals surface area contributed by atoms with Gasteiger partial charge in [0.15, 0.2) is 0 Å². The summed E-state index contributed by atoms with van der Waals surface area (Å²) >= 11 is 0. The highest BCUT2D eigenvalue weighted by Gasteiger charge is 2.13. The van der Waals surface area contributed by atoms with E-state index in [2.05, 4.69) is 44.2 Å². The lowest BCUT2D eigenvalue weighted by Gasteiger charge is -2.18. The fraction of sp³-hybridized carbons (Fsp3) is 0.842. The normalized spacial score (nSPS) is 11.6. The molecular formula is C38H71O2P. The van der Waals surface area contributed by atoms with Crippen LogP contribution in [0.4, 0.5) is 0 Å². The summed E-state index contributed by atoms with van der Waals surface area (Å²) in [6.45, 7) is 6.26. The minimum atomic E-state index is -0.939. The maximum Gasteiger partial charge on any atom is 0.205 e. The second-order valence-corrected chi connectivity index (χ2v) is 14.0. The topological polar surface area (TPSA) is 18.5 Å². The van der Waals surface area contributed by atoms with Gasteiger partial charge >= 0.3 is 0 Å². The van der Waals surface area contributed by atoms with Gasteiger partial charge in [-0.25, -0.2) is 0 Å². The highest BCUT2D eigenvalue weighted by atomic mass is 31.2. The lowest BCUT2D eigenvalue weighted by atomic mass is 10.0. The average Bonchev–Trinajstić information content (AvgIpc) is 3.00. The quantitative estimate of drug-likeness (QED) is 0.0599. The maximum absolute atomic E-state index is 6.30. The van der Waals surface area contributed by atoms with E-state index in [1.54, 1.807) is 0 Å². The van der Waals surface area contributed by atoms with Crippen molar-refractivity contribution in [3.05, 3.63) is 30.3 Å². The molecule has 0 aromatic heterocycles. The Bertz CT molecular complexity index is 574. The first-order chi connectivity index (χ1) is 20.4. The van der Waals surface area contributed by atoms with Crippen LogP contribution in [-0.4, -0.2) is 13.2 Å². The molecule has 0 aliphatic heterocycles. The fourth-order valence-electron chi connectivity index (χ4n) is 5.62. The molecule has 0 atom stereocenters. The molecule has 0 heterocycles. The van der Waals surface area contributed by atoms with Gasteiger partial charge in [-0.1, -0.05) is 199 Å². The number of hydrogen-bond acceptors (Lipinski definition) is 2. The zero-order valence-corrected chi connectivity index (χ0v) is 28.8. The lowest BCUT2D eigenvalue weighted by Crippen LogP contribution is -2.07. The van der Waals surface area contributed by atoms with Crippen molar-refractivity contribution < 1.29 is 9.05 Å². The lowest BCUT2D eigenvalue weighted by molar-refractivity contribution is 0.246. The number of benzene rings is 1. The van der Waals surface area contributed by atoms with Crippen molar-refractivity contribution in [2.45, 2.75) is 194 Å². The molecule has 1 aromatic rings. The van der Waals surface area contributed by atoms with Crippen molar-refractivity contribution in [1.82, 2.24) is 0 Å². The predicted octanol–water partition coefficient (Wildman–Crippen LogP) is 13.6. The molecule has 0 aliphatic carbocycles. The van der Waals surface area contributed by atoms with Crippen molar-refractivity contribution in [3.63, 3.8) is 0 Å². The van der Waals surface area contributed by atoms with Crippen LogP contribution < -0.4 is 5.30 Å². The Morgan fingerprint density at radius 3 is 0.927 bits per heavy atom. The van der Waals surface area contributed by atoms with Crippen LogP contribution >= 0.6 is 8.38 Å². The Labute approximate surface area is 259 Å². The summed E-state index contributed by atoms with van der Waals surface area (Å²) in [5, 5.41) is 1.22. The summed E-state index contributed by atoms with van der Waals surface area (Å²) in [4.78, 5) is 0. The second kappa shape index (κ2) is 32.5. The van der Waals surface area contributed by atoms with E-state index in [0.717, 1.165) is 26.1 Å². The highest BCUT2D eigenvalue weighted by Crippen LogP contribution is 2.37. The van der Waals surface area contributed by atoms with Gasteiger partial charge in [-0.3, -0.25) is 0 Å². The first-order valence-corrected chi connectivity index (χ1v) is 19.7. The van der Waals surface area contributed by atoms with E-state index in [1.165, 1.54) is 172 Å². The van der Waals surface area contributed by atoms with Gasteiger partial charge in [-0.15, -0.1) is 0 Å². The van der Waals surface area contributed by atoms with Gasteiger partial charge in [-0.2, -0.15) is 0 Å². The molecule has 0 saturated carbocycles. The third kappa shape index (κ3) is 26.9. The van der Waals surface area contributed by atoms with E-state index in [4.69, 9.17) is 9.05 Å². The van der Waals surface area contributed by atoms with Gasteiger partial charge in [0.2, 0.25) is 8.38 Å². The van der Waals surface area contributed by atoms with Gasteiger partial charge < -0.3 is 9.05 Å². The summed E-state index contributed by atoms with van der Waals surface area (Å²) < 4.78 is 12.6. The molecule has 0 spiro atoms. The molecule has 0 aliphatic rings. The van der Waals surface area contributed by atoms with Crippen LogP contribution in [0.25, 0.3) is 0 Å². The predicted molar refractivity (Wildman–Crippen MR) is 186 cm³/mol. The van der Waals surface area contributed by atoms with Gasteiger partial charge in [0.25, 0.3) is 0 Å². The smallest absolute Gasteiger partial charge is 0.205 e. The molecule has 0 saturated heterocycles. The molecular weight excluding hydrogens is 519 g/mol. The van der Waals surface area contributed by atoms with Crippen LogP contribution in [0.3, 0.4) is 0 Å². The van der Waals surface area contributed by atoms with Crippen LogP contribution in [-0.2, 0) is 9.05 Å². The zero-order valence-electron chi connectivity index (χ0n) is 27.9. The summed E-state index contributed by atoms with van der Waals surface area (Å²) in [7, 11) is -0.939. The van der Waals surface area contributed by atoms with E-state index < -0.39 is 8.38 Å². The van der Waals surface area contributed by atoms with Gasteiger partial charge in [0.1, 0.15) is 0 Å². The summed E-state index contributed by atoms with van der Waals surface area (Å²) in [6, 6.07) is 10.6. The van der Waals surface area contributed by atoms with Gasteiger partial charge in [0, 0.05) is 5.30 Å². The van der Waals surface area contributed by atoms with Crippen LogP contribution in [0.15, 0.2) is 30.3 Å². The summed E-state index contributed by atoms with van der Waals surface area (Å²) in [5.41, 5.74) is 0. The van der Waals surface area contributed by atoms with E-state index >= 15 is 0 Å². The minimum absolute atomic E-state index is 0.831. The molecule has 0 amide bonds. The molecule has 2 nitrogen and oxygen atoms in total. The molecule has 1 aromatic carbocycles. The molecule has 0 fully saturated rings. The Kier molecular flexibility index (Phi) is 30.6. The Hall–Kier alpha value is -0.430. The first kappa shape index (κ1) is 38.6. The van der Waals surface area contributed by atoms with Crippen molar-refractivity contribution in [2.75, 3.05) is 13.2 Å². The first-order valence-electron chi connectivity index (χ1n) is 18.5. The van der Waals surface area contributed by atoms with E-state index in [1.807, 2.05) is 0 Å². The molecule has 41 heavy (non-hydrogen) atoms. The minimum Gasteiger partial charge on any atom is -0.331 e. The molecule has 0 bridgehead atoms. The molecule has 1 rings (SSSR count). The number of rotatable bonds is 33. The largest absolute Gasteiger partial charge is 0.331 e. The highest BCUT2D eigenvalue weighted by molar-refractivity contribution is 7.56. The van der Waals surface area contributed by atoms with Crippen molar-refractivity contribution in [2.24, 2.45) is 0 Å². The van der Waals surface area contributed by atoms with Crippen molar-refractivity contribution in [1.29, 1.82) is 0 Å². The SMILES string of the molecule is CCCCCCCCCCCCCCCCOP(OCCCCCCCCCCCCCCCC)c1ccccc1. The maximum atomic E-state index is 6.30. The molecule has 0 unspecified atom stereocenters. The molecule has 240 valence electrons. The van der Waals surface area contributed by atoms with E-state index in [0.29, 0.717) is 0 Å². The zero-order chi connectivity index (χ0) is 29.3. The summed E-state index contributed by atoms with van der Waals surface area (Å²) in [6.07, 6.45) is 39.0. The van der Waals surface area contributed by atoms with Crippen molar-refractivity contribution >= 4 is 13.7 Å². The van der Waals surface area contributed by atoms with Gasteiger partial charge in [-0.05, 0) is 25.0 Å². The van der Waals surface area contributed by atoms with E-state index in [9.17, 15) is 0 Å².